The van der Waals surface area contributed by atoms with Crippen molar-refractivity contribution < 1.29 is 13.3 Å². The fourth-order valence-corrected chi connectivity index (χ4v) is 4.04. The van der Waals surface area contributed by atoms with Crippen LogP contribution in [0.5, 0.6) is 0 Å². The van der Waals surface area contributed by atoms with Crippen molar-refractivity contribution >= 4 is 32.4 Å². The molecule has 0 amide bonds. The molecule has 0 atom stereocenters. The maximum Gasteiger partial charge on any atom is 0.278 e. The van der Waals surface area contributed by atoms with Crippen molar-refractivity contribution in [1.82, 2.24) is 20.0 Å². The van der Waals surface area contributed by atoms with Crippen molar-refractivity contribution in [2.45, 2.75) is 11.4 Å². The topological polar surface area (TPSA) is 133 Å². The Morgan fingerprint density at radius 1 is 1.07 bits per heavy atom. The lowest BCUT2D eigenvalue weighted by atomic mass is 10.2. The van der Waals surface area contributed by atoms with E-state index in [2.05, 4.69) is 20.0 Å². The molecule has 2 aromatic carbocycles. The molecule has 1 N–H and O–H groups in total. The number of sulfonamides is 1. The van der Waals surface area contributed by atoms with Gasteiger partial charge in [0.25, 0.3) is 15.7 Å². The van der Waals surface area contributed by atoms with Crippen LogP contribution < -0.4 is 4.72 Å². The molecule has 0 spiro atoms. The molecule has 0 aliphatic rings. The molecule has 0 aliphatic carbocycles. The molecule has 2 aromatic heterocycles. The highest BCUT2D eigenvalue weighted by atomic mass is 32.2. The average molecular weight is 410 g/mol. The summed E-state index contributed by atoms with van der Waals surface area (Å²) in [6.07, 6.45) is 2.84. The Hall–Kier alpha value is -3.86. The van der Waals surface area contributed by atoms with Gasteiger partial charge in [0.2, 0.25) is 0 Å². The number of non-ortho nitro benzene ring substituents is 1. The summed E-state index contributed by atoms with van der Waals surface area (Å²) in [5.41, 5.74) is 0.768. The SMILES string of the molecule is O=[N+]([O-])c1ccc(S(=O)(=O)Nc2cn(Cc3ccccc3)nn2)c2ncccc12. The van der Waals surface area contributed by atoms with Crippen LogP contribution in [0.1, 0.15) is 5.56 Å². The first-order valence-electron chi connectivity index (χ1n) is 8.43. The molecule has 2 heterocycles. The molecule has 0 fully saturated rings. The van der Waals surface area contributed by atoms with E-state index in [1.54, 1.807) is 0 Å². The predicted octanol–water partition coefficient (Wildman–Crippen LogP) is 2.58. The Bertz CT molecular complexity index is 1300. The Morgan fingerprint density at radius 3 is 2.62 bits per heavy atom. The van der Waals surface area contributed by atoms with Gasteiger partial charge in [0.15, 0.2) is 5.82 Å². The predicted molar refractivity (Wildman–Crippen MR) is 105 cm³/mol. The Kier molecular flexibility index (Phi) is 4.64. The van der Waals surface area contributed by atoms with Crippen LogP contribution in [-0.2, 0) is 16.6 Å². The van der Waals surface area contributed by atoms with E-state index in [0.29, 0.717) is 6.54 Å². The van der Waals surface area contributed by atoms with E-state index < -0.39 is 14.9 Å². The first-order valence-corrected chi connectivity index (χ1v) is 9.91. The van der Waals surface area contributed by atoms with Gasteiger partial charge in [-0.1, -0.05) is 35.5 Å². The normalized spacial score (nSPS) is 11.4. The lowest BCUT2D eigenvalue weighted by Crippen LogP contribution is -2.14. The van der Waals surface area contributed by atoms with Crippen LogP contribution in [0.4, 0.5) is 11.5 Å². The van der Waals surface area contributed by atoms with Gasteiger partial charge in [-0.05, 0) is 23.8 Å². The number of nitro groups is 1. The Labute approximate surface area is 165 Å². The molecular weight excluding hydrogens is 396 g/mol. The zero-order valence-electron chi connectivity index (χ0n) is 14.8. The third-order valence-electron chi connectivity index (χ3n) is 4.16. The molecule has 11 heteroatoms. The fourth-order valence-electron chi connectivity index (χ4n) is 2.89. The second kappa shape index (κ2) is 7.28. The molecule has 0 bridgehead atoms. The van der Waals surface area contributed by atoms with Crippen molar-refractivity contribution in [3.05, 3.63) is 82.7 Å². The molecule has 0 saturated carbocycles. The zero-order chi connectivity index (χ0) is 20.4. The van der Waals surface area contributed by atoms with Crippen molar-refractivity contribution in [2.75, 3.05) is 4.72 Å². The lowest BCUT2D eigenvalue weighted by Gasteiger charge is -2.08. The maximum absolute atomic E-state index is 12.9. The van der Waals surface area contributed by atoms with Crippen molar-refractivity contribution in [3.63, 3.8) is 0 Å². The molecule has 0 radical (unpaired) electrons. The Morgan fingerprint density at radius 2 is 1.86 bits per heavy atom. The number of nitrogens with one attached hydrogen (secondary N) is 1. The summed E-state index contributed by atoms with van der Waals surface area (Å²) in [5.74, 6) is 0.0309. The van der Waals surface area contributed by atoms with E-state index in [9.17, 15) is 18.5 Å². The number of nitrogens with zero attached hydrogens (tertiary/aromatic N) is 5. The van der Waals surface area contributed by atoms with Crippen LogP contribution in [0.3, 0.4) is 0 Å². The zero-order valence-corrected chi connectivity index (χ0v) is 15.7. The highest BCUT2D eigenvalue weighted by molar-refractivity contribution is 7.93. The number of aromatic nitrogens is 4. The van der Waals surface area contributed by atoms with Crippen LogP contribution in [0.25, 0.3) is 10.9 Å². The molecular formula is C18H14N6O4S. The van der Waals surface area contributed by atoms with Gasteiger partial charge in [-0.25, -0.2) is 13.1 Å². The van der Waals surface area contributed by atoms with Gasteiger partial charge in [-0.15, -0.1) is 5.10 Å². The standard InChI is InChI=1S/C18H14N6O4S/c25-24(26)15-8-9-16(18-14(15)7-4-10-19-18)29(27,28)21-17-12-23(22-20-17)11-13-5-2-1-3-6-13/h1-10,12,21H,11H2. The number of hydrogen-bond donors (Lipinski definition) is 1. The molecule has 4 aromatic rings. The number of benzene rings is 2. The minimum absolute atomic E-state index is 0.00544. The third-order valence-corrected chi connectivity index (χ3v) is 5.55. The summed E-state index contributed by atoms with van der Waals surface area (Å²) in [5, 5.41) is 19.1. The van der Waals surface area contributed by atoms with Gasteiger partial charge >= 0.3 is 0 Å². The quantitative estimate of drug-likeness (QED) is 0.381. The second-order valence-electron chi connectivity index (χ2n) is 6.13. The number of hydrogen-bond acceptors (Lipinski definition) is 7. The van der Waals surface area contributed by atoms with E-state index in [1.165, 1.54) is 29.2 Å². The molecule has 10 nitrogen and oxygen atoms in total. The molecule has 0 aliphatic heterocycles. The second-order valence-corrected chi connectivity index (χ2v) is 7.78. The van der Waals surface area contributed by atoms with Crippen LogP contribution in [0.2, 0.25) is 0 Å². The highest BCUT2D eigenvalue weighted by Crippen LogP contribution is 2.30. The summed E-state index contributed by atoms with van der Waals surface area (Å²) in [4.78, 5) is 14.5. The van der Waals surface area contributed by atoms with Crippen LogP contribution in [0.15, 0.2) is 71.9 Å². The smallest absolute Gasteiger partial charge is 0.260 e. The van der Waals surface area contributed by atoms with Gasteiger partial charge in [-0.3, -0.25) is 19.8 Å². The van der Waals surface area contributed by atoms with E-state index in [1.807, 2.05) is 30.3 Å². The number of rotatable bonds is 6. The largest absolute Gasteiger partial charge is 0.278 e. The van der Waals surface area contributed by atoms with Gasteiger partial charge in [-0.2, -0.15) is 0 Å². The molecule has 29 heavy (non-hydrogen) atoms. The van der Waals surface area contributed by atoms with E-state index in [0.717, 1.165) is 17.7 Å². The van der Waals surface area contributed by atoms with E-state index in [4.69, 9.17) is 0 Å². The number of fused-ring (bicyclic) bond motifs is 1. The minimum atomic E-state index is -4.09. The maximum atomic E-state index is 12.9. The van der Waals surface area contributed by atoms with Gasteiger partial charge in [0.1, 0.15) is 4.90 Å². The first-order chi connectivity index (χ1) is 13.9. The number of anilines is 1. The Balaban J connectivity index is 1.65. The van der Waals surface area contributed by atoms with E-state index >= 15 is 0 Å². The van der Waals surface area contributed by atoms with Gasteiger partial charge in [0, 0.05) is 12.3 Å². The molecule has 0 unspecified atom stereocenters. The minimum Gasteiger partial charge on any atom is -0.260 e. The summed E-state index contributed by atoms with van der Waals surface area (Å²) < 4.78 is 29.6. The van der Waals surface area contributed by atoms with Gasteiger partial charge < -0.3 is 0 Å². The molecule has 0 saturated heterocycles. The number of pyridine rings is 1. The third kappa shape index (κ3) is 3.75. The summed E-state index contributed by atoms with van der Waals surface area (Å²) in [6.45, 7) is 0.428. The van der Waals surface area contributed by atoms with Crippen molar-refractivity contribution in [3.8, 4) is 0 Å². The van der Waals surface area contributed by atoms with Crippen molar-refractivity contribution in [1.29, 1.82) is 0 Å². The van der Waals surface area contributed by atoms with E-state index in [-0.39, 0.29) is 27.3 Å². The summed E-state index contributed by atoms with van der Waals surface area (Å²) >= 11 is 0. The fraction of sp³-hybridized carbons (Fsp3) is 0.0556. The summed E-state index contributed by atoms with van der Waals surface area (Å²) in [6, 6.07) is 14.8. The van der Waals surface area contributed by atoms with Crippen LogP contribution in [0, 0.1) is 10.1 Å². The molecule has 146 valence electrons. The van der Waals surface area contributed by atoms with Crippen LogP contribution >= 0.6 is 0 Å². The van der Waals surface area contributed by atoms with Gasteiger partial charge in [0.05, 0.1) is 28.6 Å². The van der Waals surface area contributed by atoms with Crippen LogP contribution in [-0.4, -0.2) is 33.3 Å². The number of nitro benzene ring substituents is 1. The monoisotopic (exact) mass is 410 g/mol. The highest BCUT2D eigenvalue weighted by Gasteiger charge is 2.24. The van der Waals surface area contributed by atoms with Crippen molar-refractivity contribution in [2.24, 2.45) is 0 Å². The average Bonchev–Trinajstić information content (AvgIpc) is 3.13. The lowest BCUT2D eigenvalue weighted by molar-refractivity contribution is -0.383. The molecule has 4 rings (SSSR count). The summed E-state index contributed by atoms with van der Waals surface area (Å²) in [7, 11) is -4.09. The first kappa shape index (κ1) is 18.5.